The predicted octanol–water partition coefficient (Wildman–Crippen LogP) is 2.51. The van der Waals surface area contributed by atoms with Crippen LogP contribution in [-0.4, -0.2) is 101 Å². The molecule has 7 fully saturated rings. The molecule has 2 bridgehead atoms. The topological polar surface area (TPSA) is 199 Å². The molecule has 7 aliphatic rings. The minimum Gasteiger partial charge on any atom is -0.456 e. The Labute approximate surface area is 315 Å². The van der Waals surface area contributed by atoms with Crippen LogP contribution in [0.1, 0.15) is 104 Å². The molecule has 12 heteroatoms. The summed E-state index contributed by atoms with van der Waals surface area (Å²) in [7, 11) is 0. The first-order valence-electron chi connectivity index (χ1n) is 21.1. The molecule has 5 saturated heterocycles. The second kappa shape index (κ2) is 16.5. The number of ether oxygens (including phenoxy) is 3. The van der Waals surface area contributed by atoms with Crippen molar-refractivity contribution >= 4 is 11.8 Å². The second-order valence-corrected chi connectivity index (χ2v) is 18.4. The predicted molar refractivity (Wildman–Crippen MR) is 199 cm³/mol. The fourth-order valence-corrected chi connectivity index (χ4v) is 12.3. The number of aliphatic hydroxyl groups is 3. The minimum absolute atomic E-state index is 0.0114. The fraction of sp³-hybridized carbons (Fsp3) is 0.902. The SMILES string of the molecule is CC=C(C)C(=O)OC1CC2C(O)C3C(=O)CC(CO)OC3C3C(CC4CCCC(O)C4)C4CCNC(N)C4CCC(CC4CCC(N)NC4)C1(C)OC23. The first-order valence-corrected chi connectivity index (χ1v) is 21.1. The molecule has 0 aromatic carbocycles. The van der Waals surface area contributed by atoms with E-state index in [1.807, 2.05) is 6.92 Å². The van der Waals surface area contributed by atoms with Crippen molar-refractivity contribution in [1.82, 2.24) is 10.6 Å². The maximum Gasteiger partial charge on any atom is 0.333 e. The zero-order valence-electron chi connectivity index (χ0n) is 32.2. The summed E-state index contributed by atoms with van der Waals surface area (Å²) in [6, 6.07) is 0. The van der Waals surface area contributed by atoms with Gasteiger partial charge >= 0.3 is 5.97 Å². The number of esters is 1. The number of aliphatic hydroxyl groups excluding tert-OH is 3. The number of hydrogen-bond donors (Lipinski definition) is 7. The van der Waals surface area contributed by atoms with Gasteiger partial charge in [0.05, 0.1) is 55.4 Å². The van der Waals surface area contributed by atoms with Gasteiger partial charge in [-0.05, 0) is 134 Å². The number of piperidine rings is 2. The molecule has 5 heterocycles. The van der Waals surface area contributed by atoms with Crippen molar-refractivity contribution in [2.45, 2.75) is 159 Å². The van der Waals surface area contributed by atoms with Crippen molar-refractivity contribution in [3.63, 3.8) is 0 Å². The minimum atomic E-state index is -1.05. The van der Waals surface area contributed by atoms with Crippen LogP contribution in [0.25, 0.3) is 0 Å². The molecule has 0 radical (unpaired) electrons. The summed E-state index contributed by atoms with van der Waals surface area (Å²) in [5.74, 6) is -0.851. The van der Waals surface area contributed by atoms with Crippen LogP contribution in [0.3, 0.4) is 0 Å². The number of carbonyl (C=O) groups excluding carboxylic acids is 2. The monoisotopic (exact) mass is 745 g/mol. The highest BCUT2D eigenvalue weighted by Gasteiger charge is 2.65. The standard InChI is InChI=1S/C41H68N4O8/c1-4-21(2)40(50)52-32-18-30-36(49)35-31(48)17-26(20-46)51-38(35)34-29(16-22-6-5-7-25(47)15-22)27-12-13-44-39(43)28(27)10-9-24(41(32,3)53-37(30)34)14-23-8-11-33(42)45-19-23/h4,22-30,32-39,44-47,49H,5-20,42-43H2,1-3H3. The van der Waals surface area contributed by atoms with Crippen LogP contribution in [0.5, 0.6) is 0 Å². The molecule has 18 unspecified atom stereocenters. The first kappa shape index (κ1) is 39.7. The average Bonchev–Trinajstić information content (AvgIpc) is 3.13. The molecular weight excluding hydrogens is 676 g/mol. The van der Waals surface area contributed by atoms with E-state index in [2.05, 4.69) is 17.6 Å². The van der Waals surface area contributed by atoms with E-state index in [4.69, 9.17) is 25.7 Å². The Morgan fingerprint density at radius 1 is 0.981 bits per heavy atom. The summed E-state index contributed by atoms with van der Waals surface area (Å²) in [4.78, 5) is 27.7. The molecule has 0 aromatic heterocycles. The summed E-state index contributed by atoms with van der Waals surface area (Å²) >= 11 is 0. The van der Waals surface area contributed by atoms with E-state index in [-0.39, 0.29) is 66.8 Å². The Bertz CT molecular complexity index is 1330. The number of carbonyl (C=O) groups is 2. The van der Waals surface area contributed by atoms with E-state index in [1.165, 1.54) is 0 Å². The van der Waals surface area contributed by atoms with Crippen LogP contribution in [-0.2, 0) is 23.8 Å². The lowest BCUT2D eigenvalue weighted by Crippen LogP contribution is -2.71. The fourth-order valence-electron chi connectivity index (χ4n) is 12.3. The van der Waals surface area contributed by atoms with Gasteiger partial charge in [0.2, 0.25) is 0 Å². The molecule has 9 N–H and O–H groups in total. The molecule has 300 valence electrons. The van der Waals surface area contributed by atoms with Crippen LogP contribution < -0.4 is 22.1 Å². The molecule has 0 amide bonds. The van der Waals surface area contributed by atoms with Gasteiger partial charge in [-0.25, -0.2) is 4.79 Å². The van der Waals surface area contributed by atoms with Crippen molar-refractivity contribution in [3.05, 3.63) is 11.6 Å². The molecule has 2 saturated carbocycles. The second-order valence-electron chi connectivity index (χ2n) is 18.4. The normalized spacial score (nSPS) is 49.3. The van der Waals surface area contributed by atoms with Crippen LogP contribution in [0.4, 0.5) is 0 Å². The van der Waals surface area contributed by atoms with Gasteiger partial charge in [-0.3, -0.25) is 4.79 Å². The lowest BCUT2D eigenvalue weighted by atomic mass is 9.53. The van der Waals surface area contributed by atoms with E-state index in [1.54, 1.807) is 13.0 Å². The summed E-state index contributed by atoms with van der Waals surface area (Å²) in [6.45, 7) is 7.05. The molecule has 18 atom stereocenters. The molecule has 2 aliphatic carbocycles. The van der Waals surface area contributed by atoms with E-state index < -0.39 is 53.9 Å². The third-order valence-corrected chi connectivity index (χ3v) is 15.3. The Balaban J connectivity index is 1.36. The lowest BCUT2D eigenvalue weighted by Gasteiger charge is -2.62. The molecule has 12 nitrogen and oxygen atoms in total. The van der Waals surface area contributed by atoms with Gasteiger partial charge in [-0.2, -0.15) is 0 Å². The highest BCUT2D eigenvalue weighted by molar-refractivity contribution is 5.87. The number of hydrogen-bond acceptors (Lipinski definition) is 12. The number of nitrogens with one attached hydrogen (secondary N) is 2. The molecule has 0 spiro atoms. The summed E-state index contributed by atoms with van der Waals surface area (Å²) < 4.78 is 20.9. The Kier molecular flexibility index (Phi) is 12.4. The van der Waals surface area contributed by atoms with Crippen LogP contribution in [0.2, 0.25) is 0 Å². The summed E-state index contributed by atoms with van der Waals surface area (Å²) in [5.41, 5.74) is 12.9. The van der Waals surface area contributed by atoms with E-state index >= 15 is 0 Å². The summed E-state index contributed by atoms with van der Waals surface area (Å²) in [5, 5.41) is 40.6. The van der Waals surface area contributed by atoms with Crippen molar-refractivity contribution in [2.24, 2.45) is 64.7 Å². The van der Waals surface area contributed by atoms with Crippen molar-refractivity contribution in [2.75, 3.05) is 19.7 Å². The quantitative estimate of drug-likeness (QED) is 0.149. The molecule has 0 aromatic rings. The highest BCUT2D eigenvalue weighted by Crippen LogP contribution is 2.58. The number of allylic oxidation sites excluding steroid dienone is 1. The van der Waals surface area contributed by atoms with Crippen molar-refractivity contribution < 1.29 is 39.1 Å². The van der Waals surface area contributed by atoms with Crippen LogP contribution in [0, 0.1) is 53.3 Å². The highest BCUT2D eigenvalue weighted by atomic mass is 16.6. The summed E-state index contributed by atoms with van der Waals surface area (Å²) in [6.07, 6.45) is 8.07. The largest absolute Gasteiger partial charge is 0.456 e. The average molecular weight is 745 g/mol. The van der Waals surface area contributed by atoms with Gasteiger partial charge in [-0.15, -0.1) is 0 Å². The van der Waals surface area contributed by atoms with Crippen molar-refractivity contribution in [3.8, 4) is 0 Å². The van der Waals surface area contributed by atoms with Gasteiger partial charge in [0.1, 0.15) is 17.5 Å². The van der Waals surface area contributed by atoms with Crippen LogP contribution in [0.15, 0.2) is 11.6 Å². The van der Waals surface area contributed by atoms with E-state index in [0.29, 0.717) is 23.8 Å². The molecule has 5 aliphatic heterocycles. The van der Waals surface area contributed by atoms with Crippen molar-refractivity contribution in [1.29, 1.82) is 0 Å². The molecule has 7 rings (SSSR count). The number of fused-ring (bicyclic) bond motifs is 4. The number of nitrogens with two attached hydrogens (primary N) is 2. The molecule has 53 heavy (non-hydrogen) atoms. The maximum absolute atomic E-state index is 14.1. The first-order chi connectivity index (χ1) is 25.4. The zero-order chi connectivity index (χ0) is 37.6. The Hall–Kier alpha value is -1.48. The lowest BCUT2D eigenvalue weighted by molar-refractivity contribution is -0.306. The Morgan fingerprint density at radius 2 is 1.79 bits per heavy atom. The zero-order valence-corrected chi connectivity index (χ0v) is 32.2. The third-order valence-electron chi connectivity index (χ3n) is 15.3. The van der Waals surface area contributed by atoms with Gasteiger partial charge in [0.15, 0.2) is 0 Å². The molecular formula is C41H68N4O8. The van der Waals surface area contributed by atoms with Gasteiger partial charge < -0.3 is 51.6 Å². The number of rotatable bonds is 7. The Morgan fingerprint density at radius 3 is 2.51 bits per heavy atom. The van der Waals surface area contributed by atoms with Gasteiger partial charge in [0.25, 0.3) is 0 Å². The van der Waals surface area contributed by atoms with E-state index in [0.717, 1.165) is 83.7 Å². The third kappa shape index (κ3) is 7.92. The van der Waals surface area contributed by atoms with Gasteiger partial charge in [-0.1, -0.05) is 18.9 Å². The van der Waals surface area contributed by atoms with E-state index in [9.17, 15) is 24.9 Å². The number of Topliss-reactive ketones (excluding diaryl/α,β-unsaturated/α-hetero) is 1. The smallest absolute Gasteiger partial charge is 0.333 e. The van der Waals surface area contributed by atoms with Gasteiger partial charge in [0, 0.05) is 23.8 Å². The maximum atomic E-state index is 14.1. The number of ketones is 1. The van der Waals surface area contributed by atoms with Crippen LogP contribution >= 0.6 is 0 Å².